The Morgan fingerprint density at radius 2 is 1.03 bits per heavy atom. The van der Waals surface area contributed by atoms with Gasteiger partial charge in [0.05, 0.1) is 11.0 Å². The average molecular weight is 951 g/mol. The molecule has 0 amide bonds. The Bertz CT molecular complexity index is 3740. The highest BCUT2D eigenvalue weighted by atomic mass is 32.2. The smallest absolute Gasteiger partial charge is 0.333 e. The lowest BCUT2D eigenvalue weighted by Gasteiger charge is -2.57. The van der Waals surface area contributed by atoms with Crippen molar-refractivity contribution in [3.63, 3.8) is 0 Å². The van der Waals surface area contributed by atoms with Gasteiger partial charge in [0.15, 0.2) is 0 Å². The maximum absolute atomic E-state index is 2.83. The molecule has 8 fully saturated rings. The first-order chi connectivity index (χ1) is 35.0. The minimum atomic E-state index is -0.0120. The molecular formula is C66H55BN2S2. The highest BCUT2D eigenvalue weighted by molar-refractivity contribution is 8.05. The third-order valence-corrected chi connectivity index (χ3v) is 23.0. The molecule has 11 aliphatic rings. The Hall–Kier alpha value is -5.62. The predicted molar refractivity (Wildman–Crippen MR) is 297 cm³/mol. The minimum absolute atomic E-state index is 0.0120. The SMILES string of the molecule is c1ccc(-c2ccc(N3B4c5c(cc6ccccc6c5-c5cc6c(cc53)Sc3ccccc3S6)-n3c5ccc(C67CC8CC(CC(C8)C6)C7)cc5c5cc(C67CC8CC(CC(C8)C6)C7)cc4c53)cc2)cc1. The van der Waals surface area contributed by atoms with Gasteiger partial charge in [-0.05, 0) is 234 Å². The summed E-state index contributed by atoms with van der Waals surface area (Å²) in [6.45, 7) is -0.0120. The number of aromatic nitrogens is 1. The van der Waals surface area contributed by atoms with Crippen LogP contribution < -0.4 is 15.7 Å². The first-order valence-electron chi connectivity index (χ1n) is 27.3. The molecule has 71 heavy (non-hydrogen) atoms. The maximum atomic E-state index is 2.83. The van der Waals surface area contributed by atoms with E-state index in [-0.39, 0.29) is 12.3 Å². The molecule has 344 valence electrons. The van der Waals surface area contributed by atoms with Crippen LogP contribution in [-0.2, 0) is 10.8 Å². The number of anilines is 2. The number of hydrogen-bond acceptors (Lipinski definition) is 3. The molecule has 0 atom stereocenters. The Kier molecular flexibility index (Phi) is 7.94. The predicted octanol–water partition coefficient (Wildman–Crippen LogP) is 16.4. The fourth-order valence-corrected chi connectivity index (χ4v) is 20.8. The van der Waals surface area contributed by atoms with E-state index < -0.39 is 0 Å². The van der Waals surface area contributed by atoms with Gasteiger partial charge in [0.2, 0.25) is 0 Å². The van der Waals surface area contributed by atoms with Gasteiger partial charge >= 0.3 is 6.85 Å². The molecule has 20 rings (SSSR count). The molecule has 2 nitrogen and oxygen atoms in total. The van der Waals surface area contributed by atoms with Crippen molar-refractivity contribution in [1.82, 2.24) is 4.57 Å². The van der Waals surface area contributed by atoms with Crippen LogP contribution in [0.1, 0.15) is 88.2 Å². The Labute approximate surface area is 425 Å². The molecule has 9 aromatic rings. The fraction of sp³-hybridized carbons (Fsp3) is 0.303. The largest absolute Gasteiger partial charge is 0.376 e. The summed E-state index contributed by atoms with van der Waals surface area (Å²) in [4.78, 5) is 8.24. The summed E-state index contributed by atoms with van der Waals surface area (Å²) in [5.41, 5.74) is 19.0. The second-order valence-electron chi connectivity index (χ2n) is 24.5. The Morgan fingerprint density at radius 1 is 0.451 bits per heavy atom. The molecular weight excluding hydrogens is 896 g/mol. The van der Waals surface area contributed by atoms with Crippen LogP contribution in [0.5, 0.6) is 0 Å². The number of fused-ring (bicyclic) bond motifs is 11. The van der Waals surface area contributed by atoms with Crippen LogP contribution >= 0.6 is 23.5 Å². The van der Waals surface area contributed by atoms with Gasteiger partial charge < -0.3 is 9.38 Å². The monoisotopic (exact) mass is 950 g/mol. The molecule has 3 aliphatic heterocycles. The molecule has 1 aromatic heterocycles. The lowest BCUT2D eigenvalue weighted by Crippen LogP contribution is -2.61. The summed E-state index contributed by atoms with van der Waals surface area (Å²) in [6.07, 6.45) is 17.1. The van der Waals surface area contributed by atoms with Gasteiger partial charge in [0.1, 0.15) is 0 Å². The van der Waals surface area contributed by atoms with Gasteiger partial charge in [-0.1, -0.05) is 115 Å². The first kappa shape index (κ1) is 39.9. The second-order valence-corrected chi connectivity index (χ2v) is 26.7. The van der Waals surface area contributed by atoms with E-state index >= 15 is 0 Å². The van der Waals surface area contributed by atoms with Crippen molar-refractivity contribution < 1.29 is 0 Å². The standard InChI is InChI=1S/C66H55BN2S2/c1-2-8-44(9-3-1)45-14-17-49(18-15-45)69-56-31-61-60(70-58-12-6-7-13-59(58)71-61)30-53(56)62-50-11-5-4-10-46(50)26-57-63(62)67(69)54-29-48(66-35-41-23-42(36-66)25-43(24-41)37-66)28-52-51-27-47(16-19-55(51)68(57)64(52)54)65-32-38-20-39(33-65)22-40(21-38)34-65/h1-19,26-31,38-43H,20-25,32-37H2. The molecule has 4 heterocycles. The molecule has 0 radical (unpaired) electrons. The van der Waals surface area contributed by atoms with Crippen molar-refractivity contribution in [3.8, 4) is 27.9 Å². The van der Waals surface area contributed by atoms with Crippen molar-refractivity contribution in [3.05, 3.63) is 163 Å². The van der Waals surface area contributed by atoms with Gasteiger partial charge in [0, 0.05) is 53.0 Å². The van der Waals surface area contributed by atoms with Gasteiger partial charge in [-0.2, -0.15) is 0 Å². The fourth-order valence-electron chi connectivity index (χ4n) is 18.6. The van der Waals surface area contributed by atoms with Crippen molar-refractivity contribution >= 4 is 85.3 Å². The van der Waals surface area contributed by atoms with E-state index in [9.17, 15) is 0 Å². The van der Waals surface area contributed by atoms with Crippen molar-refractivity contribution in [2.24, 2.45) is 35.5 Å². The molecule has 0 saturated heterocycles. The number of rotatable bonds is 4. The maximum Gasteiger partial charge on any atom is 0.333 e. The zero-order valence-electron chi connectivity index (χ0n) is 40.2. The van der Waals surface area contributed by atoms with E-state index in [2.05, 4.69) is 161 Å². The van der Waals surface area contributed by atoms with Crippen molar-refractivity contribution in [1.29, 1.82) is 0 Å². The Balaban J connectivity index is 0.948. The topological polar surface area (TPSA) is 8.17 Å². The van der Waals surface area contributed by atoms with Crippen LogP contribution in [-0.4, -0.2) is 11.4 Å². The summed E-state index contributed by atoms with van der Waals surface area (Å²) in [6, 6.07) is 60.4. The Morgan fingerprint density at radius 3 is 1.70 bits per heavy atom. The van der Waals surface area contributed by atoms with E-state index in [1.54, 1.807) is 11.1 Å². The van der Waals surface area contributed by atoms with E-state index in [0.717, 1.165) is 35.5 Å². The van der Waals surface area contributed by atoms with E-state index in [1.165, 1.54) is 179 Å². The van der Waals surface area contributed by atoms with Crippen molar-refractivity contribution in [2.45, 2.75) is 107 Å². The number of hydrogen-bond donors (Lipinski definition) is 0. The molecule has 8 bridgehead atoms. The highest BCUT2D eigenvalue weighted by Crippen LogP contribution is 2.63. The summed E-state index contributed by atoms with van der Waals surface area (Å²) < 4.78 is 2.79. The lowest BCUT2D eigenvalue weighted by atomic mass is 9.42. The number of benzene rings is 8. The molecule has 0 spiro atoms. The molecule has 0 N–H and O–H groups in total. The van der Waals surface area contributed by atoms with Crippen LogP contribution in [0.15, 0.2) is 171 Å². The minimum Gasteiger partial charge on any atom is -0.376 e. The zero-order valence-corrected chi connectivity index (χ0v) is 41.8. The molecule has 8 aliphatic carbocycles. The van der Waals surface area contributed by atoms with Crippen LogP contribution in [0.2, 0.25) is 0 Å². The normalized spacial score (nSPS) is 28.7. The number of nitrogens with zero attached hydrogens (tertiary/aromatic N) is 2. The molecule has 5 heteroatoms. The van der Waals surface area contributed by atoms with E-state index in [4.69, 9.17) is 0 Å². The quantitative estimate of drug-likeness (QED) is 0.163. The third-order valence-electron chi connectivity index (χ3n) is 20.5. The summed E-state index contributed by atoms with van der Waals surface area (Å²) in [7, 11) is 0. The van der Waals surface area contributed by atoms with Gasteiger partial charge in [0.25, 0.3) is 0 Å². The van der Waals surface area contributed by atoms with Gasteiger partial charge in [-0.3, -0.25) is 0 Å². The second kappa shape index (κ2) is 14.1. The lowest BCUT2D eigenvalue weighted by molar-refractivity contribution is -0.00526. The highest BCUT2D eigenvalue weighted by Gasteiger charge is 2.54. The molecule has 0 unspecified atom stereocenters. The summed E-state index contributed by atoms with van der Waals surface area (Å²) >= 11 is 3.90. The molecule has 8 saturated carbocycles. The van der Waals surface area contributed by atoms with Gasteiger partial charge in [-0.25, -0.2) is 0 Å². The first-order valence-corrected chi connectivity index (χ1v) is 28.9. The zero-order chi connectivity index (χ0) is 45.9. The van der Waals surface area contributed by atoms with Crippen LogP contribution in [0.4, 0.5) is 11.4 Å². The summed E-state index contributed by atoms with van der Waals surface area (Å²) in [5, 5.41) is 5.70. The van der Waals surface area contributed by atoms with Crippen molar-refractivity contribution in [2.75, 3.05) is 4.81 Å². The van der Waals surface area contributed by atoms with Crippen LogP contribution in [0.25, 0.3) is 60.5 Å². The van der Waals surface area contributed by atoms with Crippen LogP contribution in [0.3, 0.4) is 0 Å². The van der Waals surface area contributed by atoms with Gasteiger partial charge in [-0.15, -0.1) is 0 Å². The average Bonchev–Trinajstić information content (AvgIpc) is 3.74. The van der Waals surface area contributed by atoms with E-state index in [0.29, 0.717) is 5.41 Å². The third kappa shape index (κ3) is 5.50. The summed E-state index contributed by atoms with van der Waals surface area (Å²) in [5.74, 6) is 5.39. The van der Waals surface area contributed by atoms with Crippen LogP contribution in [0, 0.1) is 35.5 Å². The molecule has 8 aromatic carbocycles. The van der Waals surface area contributed by atoms with E-state index in [1.807, 2.05) is 23.5 Å².